The van der Waals surface area contributed by atoms with Gasteiger partial charge in [0.05, 0.1) is 11.7 Å². The van der Waals surface area contributed by atoms with Gasteiger partial charge in [0, 0.05) is 11.3 Å². The van der Waals surface area contributed by atoms with E-state index in [2.05, 4.69) is 10.3 Å². The molecule has 1 amide bonds. The Labute approximate surface area is 142 Å². The SMILES string of the molecule is Cc1[nH]c(C(=O)OCC(=O)Nc2sccc2C#N)c(C)c1[C@@H](C)O. The van der Waals surface area contributed by atoms with Crippen molar-refractivity contribution in [1.29, 1.82) is 5.26 Å². The van der Waals surface area contributed by atoms with E-state index in [1.54, 1.807) is 32.2 Å². The van der Waals surface area contributed by atoms with Crippen molar-refractivity contribution in [2.45, 2.75) is 26.9 Å². The molecule has 24 heavy (non-hydrogen) atoms. The van der Waals surface area contributed by atoms with Gasteiger partial charge in [-0.2, -0.15) is 5.26 Å². The number of rotatable bonds is 5. The van der Waals surface area contributed by atoms with Crippen molar-refractivity contribution >= 4 is 28.2 Å². The van der Waals surface area contributed by atoms with Crippen LogP contribution in [0.25, 0.3) is 0 Å². The fourth-order valence-electron chi connectivity index (χ4n) is 2.46. The predicted octanol–water partition coefficient (Wildman–Crippen LogP) is 2.41. The largest absolute Gasteiger partial charge is 0.451 e. The fraction of sp³-hybridized carbons (Fsp3) is 0.312. The van der Waals surface area contributed by atoms with Gasteiger partial charge in [-0.25, -0.2) is 4.79 Å². The number of thiophene rings is 1. The second-order valence-corrected chi connectivity index (χ2v) is 6.16. The van der Waals surface area contributed by atoms with E-state index in [1.807, 2.05) is 6.07 Å². The van der Waals surface area contributed by atoms with E-state index in [-0.39, 0.29) is 5.69 Å². The number of nitriles is 1. The Bertz CT molecular complexity index is 814. The number of nitrogens with one attached hydrogen (secondary N) is 2. The molecule has 7 nitrogen and oxygen atoms in total. The van der Waals surface area contributed by atoms with E-state index in [9.17, 15) is 14.7 Å². The van der Waals surface area contributed by atoms with Crippen LogP contribution in [0.15, 0.2) is 11.4 Å². The summed E-state index contributed by atoms with van der Waals surface area (Å²) in [6.45, 7) is 4.59. The molecule has 3 N–H and O–H groups in total. The Balaban J connectivity index is 2.00. The lowest BCUT2D eigenvalue weighted by Gasteiger charge is -2.06. The van der Waals surface area contributed by atoms with Crippen molar-refractivity contribution in [1.82, 2.24) is 4.98 Å². The van der Waals surface area contributed by atoms with Crippen LogP contribution >= 0.6 is 11.3 Å². The topological polar surface area (TPSA) is 115 Å². The van der Waals surface area contributed by atoms with Crippen LogP contribution in [-0.4, -0.2) is 28.6 Å². The highest BCUT2D eigenvalue weighted by molar-refractivity contribution is 7.14. The summed E-state index contributed by atoms with van der Waals surface area (Å²) in [7, 11) is 0. The average molecular weight is 347 g/mol. The number of carbonyl (C=O) groups excluding carboxylic acids is 2. The summed E-state index contributed by atoms with van der Waals surface area (Å²) < 4.78 is 5.00. The van der Waals surface area contributed by atoms with Gasteiger partial charge in [-0.15, -0.1) is 11.3 Å². The number of carbonyl (C=O) groups is 2. The molecular formula is C16H17N3O4S. The zero-order valence-corrected chi connectivity index (χ0v) is 14.3. The Morgan fingerprint density at radius 1 is 1.50 bits per heavy atom. The third kappa shape index (κ3) is 3.64. The van der Waals surface area contributed by atoms with Crippen LogP contribution in [0.4, 0.5) is 5.00 Å². The summed E-state index contributed by atoms with van der Waals surface area (Å²) in [5.74, 6) is -1.21. The lowest BCUT2D eigenvalue weighted by Crippen LogP contribution is -2.21. The standard InChI is InChI=1S/C16H17N3O4S/c1-8-13(10(3)20)9(2)18-14(8)16(22)23-7-12(21)19-15-11(6-17)4-5-24-15/h4-5,10,18,20H,7H2,1-3H3,(H,19,21)/t10-/m1/s1. The van der Waals surface area contributed by atoms with Crippen LogP contribution in [0.2, 0.25) is 0 Å². The van der Waals surface area contributed by atoms with E-state index in [0.29, 0.717) is 27.4 Å². The van der Waals surface area contributed by atoms with Gasteiger partial charge < -0.3 is 20.1 Å². The summed E-state index contributed by atoms with van der Waals surface area (Å²) in [5, 5.41) is 23.2. The van der Waals surface area contributed by atoms with Gasteiger partial charge in [0.1, 0.15) is 16.8 Å². The maximum Gasteiger partial charge on any atom is 0.355 e. The first-order chi connectivity index (χ1) is 11.3. The molecule has 2 heterocycles. The van der Waals surface area contributed by atoms with Crippen LogP contribution in [0, 0.1) is 25.2 Å². The quantitative estimate of drug-likeness (QED) is 0.718. The molecule has 0 saturated heterocycles. The minimum atomic E-state index is -0.714. The number of aromatic amines is 1. The first-order valence-electron chi connectivity index (χ1n) is 7.16. The highest BCUT2D eigenvalue weighted by Crippen LogP contribution is 2.25. The summed E-state index contributed by atoms with van der Waals surface area (Å²) in [6.07, 6.45) is -0.714. The summed E-state index contributed by atoms with van der Waals surface area (Å²) in [5.41, 5.74) is 2.49. The number of amides is 1. The van der Waals surface area contributed by atoms with Crippen molar-refractivity contribution in [3.63, 3.8) is 0 Å². The van der Waals surface area contributed by atoms with Crippen molar-refractivity contribution in [2.24, 2.45) is 0 Å². The Morgan fingerprint density at radius 3 is 2.79 bits per heavy atom. The maximum atomic E-state index is 12.1. The number of aryl methyl sites for hydroxylation is 1. The maximum absolute atomic E-state index is 12.1. The van der Waals surface area contributed by atoms with Gasteiger partial charge in [-0.3, -0.25) is 4.79 Å². The van der Waals surface area contributed by atoms with Crippen LogP contribution in [0.5, 0.6) is 0 Å². The van der Waals surface area contributed by atoms with E-state index < -0.39 is 24.6 Å². The van der Waals surface area contributed by atoms with E-state index in [0.717, 1.165) is 0 Å². The molecule has 0 aliphatic heterocycles. The highest BCUT2D eigenvalue weighted by atomic mass is 32.1. The third-order valence-corrected chi connectivity index (χ3v) is 4.32. The van der Waals surface area contributed by atoms with Crippen molar-refractivity contribution < 1.29 is 19.4 Å². The third-order valence-electron chi connectivity index (χ3n) is 3.49. The Hall–Kier alpha value is -2.63. The zero-order valence-electron chi connectivity index (χ0n) is 13.5. The molecule has 0 aliphatic carbocycles. The number of hydrogen-bond acceptors (Lipinski definition) is 6. The van der Waals surface area contributed by atoms with Crippen molar-refractivity contribution in [3.8, 4) is 6.07 Å². The first kappa shape index (κ1) is 17.7. The van der Waals surface area contributed by atoms with Gasteiger partial charge in [-0.1, -0.05) is 0 Å². The molecule has 0 unspecified atom stereocenters. The first-order valence-corrected chi connectivity index (χ1v) is 8.04. The van der Waals surface area contributed by atoms with E-state index in [1.165, 1.54) is 11.3 Å². The molecule has 0 fully saturated rings. The van der Waals surface area contributed by atoms with Gasteiger partial charge >= 0.3 is 5.97 Å². The molecule has 2 rings (SSSR count). The minimum Gasteiger partial charge on any atom is -0.451 e. The number of H-pyrrole nitrogens is 1. The summed E-state index contributed by atoms with van der Waals surface area (Å²) >= 11 is 1.22. The van der Waals surface area contributed by atoms with Gasteiger partial charge in [0.2, 0.25) is 0 Å². The predicted molar refractivity (Wildman–Crippen MR) is 88.8 cm³/mol. The van der Waals surface area contributed by atoms with Crippen LogP contribution in [0.1, 0.15) is 45.9 Å². The Morgan fingerprint density at radius 2 is 2.21 bits per heavy atom. The van der Waals surface area contributed by atoms with Crippen LogP contribution in [0.3, 0.4) is 0 Å². The molecule has 1 atom stereocenters. The van der Waals surface area contributed by atoms with E-state index >= 15 is 0 Å². The van der Waals surface area contributed by atoms with Crippen LogP contribution in [-0.2, 0) is 9.53 Å². The molecule has 0 spiro atoms. The molecule has 2 aromatic heterocycles. The average Bonchev–Trinajstić information content (AvgIpc) is 3.08. The number of aliphatic hydroxyl groups excluding tert-OH is 1. The molecule has 2 aromatic rings. The number of aliphatic hydroxyl groups is 1. The monoisotopic (exact) mass is 347 g/mol. The van der Waals surface area contributed by atoms with Gasteiger partial charge in [0.15, 0.2) is 6.61 Å². The lowest BCUT2D eigenvalue weighted by molar-refractivity contribution is -0.119. The number of ether oxygens (including phenoxy) is 1. The molecule has 8 heteroatoms. The molecule has 0 saturated carbocycles. The summed E-state index contributed by atoms with van der Waals surface area (Å²) in [4.78, 5) is 26.8. The number of hydrogen-bond donors (Lipinski definition) is 3. The summed E-state index contributed by atoms with van der Waals surface area (Å²) in [6, 6.07) is 3.55. The molecule has 0 aliphatic rings. The van der Waals surface area contributed by atoms with Gasteiger partial charge in [-0.05, 0) is 37.8 Å². The number of nitrogens with zero attached hydrogens (tertiary/aromatic N) is 1. The molecule has 126 valence electrons. The molecule has 0 aromatic carbocycles. The minimum absolute atomic E-state index is 0.213. The number of aromatic nitrogens is 1. The van der Waals surface area contributed by atoms with Crippen LogP contribution < -0.4 is 5.32 Å². The van der Waals surface area contributed by atoms with Gasteiger partial charge in [0.25, 0.3) is 5.91 Å². The number of anilines is 1. The zero-order chi connectivity index (χ0) is 17.9. The fourth-order valence-corrected chi connectivity index (χ4v) is 3.21. The second-order valence-electron chi connectivity index (χ2n) is 5.24. The molecule has 0 bridgehead atoms. The Kier molecular flexibility index (Phi) is 5.39. The van der Waals surface area contributed by atoms with Crippen molar-refractivity contribution in [3.05, 3.63) is 39.5 Å². The normalized spacial score (nSPS) is 11.6. The smallest absolute Gasteiger partial charge is 0.355 e. The second kappa shape index (κ2) is 7.29. The molecular weight excluding hydrogens is 330 g/mol. The number of esters is 1. The van der Waals surface area contributed by atoms with Crippen molar-refractivity contribution in [2.75, 3.05) is 11.9 Å². The van der Waals surface area contributed by atoms with E-state index in [4.69, 9.17) is 10.00 Å². The lowest BCUT2D eigenvalue weighted by atomic mass is 10.1. The highest BCUT2D eigenvalue weighted by Gasteiger charge is 2.21. The molecule has 0 radical (unpaired) electrons.